The van der Waals surface area contributed by atoms with Crippen LogP contribution in [-0.4, -0.2) is 15.0 Å². The number of halogens is 1. The molecule has 2 aromatic heterocycles. The minimum Gasteiger partial charge on any atom is -0.265 e. The molecule has 0 amide bonds. The molecule has 0 saturated heterocycles. The van der Waals surface area contributed by atoms with Crippen LogP contribution in [0.2, 0.25) is 5.28 Å². The van der Waals surface area contributed by atoms with Gasteiger partial charge in [0.25, 0.3) is 0 Å². The number of pyridine rings is 1. The molecule has 0 spiro atoms. The standard InChI is InChI=1S/C9H6ClN3/c10-9-12-5-8(6-13-9)7-1-3-11-4-2-7/h1-6H. The monoisotopic (exact) mass is 191 g/mol. The maximum Gasteiger partial charge on any atom is 0.222 e. The lowest BCUT2D eigenvalue weighted by Crippen LogP contribution is -1.84. The second-order valence-electron chi connectivity index (χ2n) is 2.48. The van der Waals surface area contributed by atoms with E-state index < -0.39 is 0 Å². The Balaban J connectivity index is 2.42. The van der Waals surface area contributed by atoms with Crippen molar-refractivity contribution in [3.63, 3.8) is 0 Å². The van der Waals surface area contributed by atoms with Crippen molar-refractivity contribution in [3.05, 3.63) is 42.2 Å². The summed E-state index contributed by atoms with van der Waals surface area (Å²) in [6.07, 6.45) is 6.82. The highest BCUT2D eigenvalue weighted by Crippen LogP contribution is 2.16. The van der Waals surface area contributed by atoms with E-state index in [2.05, 4.69) is 15.0 Å². The first-order valence-corrected chi connectivity index (χ1v) is 4.12. The normalized spacial score (nSPS) is 9.92. The van der Waals surface area contributed by atoms with Crippen LogP contribution in [0, 0.1) is 0 Å². The Morgan fingerprint density at radius 1 is 0.923 bits per heavy atom. The molecule has 4 heteroatoms. The van der Waals surface area contributed by atoms with E-state index in [1.165, 1.54) is 0 Å². The van der Waals surface area contributed by atoms with Crippen LogP contribution >= 0.6 is 11.6 Å². The minimum atomic E-state index is 0.262. The van der Waals surface area contributed by atoms with Gasteiger partial charge in [0.05, 0.1) is 0 Å². The first-order valence-electron chi connectivity index (χ1n) is 3.74. The van der Waals surface area contributed by atoms with E-state index in [1.54, 1.807) is 24.8 Å². The Morgan fingerprint density at radius 3 is 2.15 bits per heavy atom. The average molecular weight is 192 g/mol. The second kappa shape index (κ2) is 3.49. The molecule has 0 aliphatic carbocycles. The zero-order valence-electron chi connectivity index (χ0n) is 6.68. The van der Waals surface area contributed by atoms with E-state index in [-0.39, 0.29) is 5.28 Å². The smallest absolute Gasteiger partial charge is 0.222 e. The fourth-order valence-electron chi connectivity index (χ4n) is 1.01. The van der Waals surface area contributed by atoms with E-state index in [1.807, 2.05) is 12.1 Å². The molecule has 0 saturated carbocycles. The van der Waals surface area contributed by atoms with E-state index in [4.69, 9.17) is 11.6 Å². The highest BCUT2D eigenvalue weighted by atomic mass is 35.5. The van der Waals surface area contributed by atoms with Gasteiger partial charge in [0, 0.05) is 30.4 Å². The van der Waals surface area contributed by atoms with Crippen molar-refractivity contribution in [2.24, 2.45) is 0 Å². The first-order chi connectivity index (χ1) is 6.36. The van der Waals surface area contributed by atoms with Crippen molar-refractivity contribution in [3.8, 4) is 11.1 Å². The van der Waals surface area contributed by atoms with Crippen LogP contribution in [-0.2, 0) is 0 Å². The summed E-state index contributed by atoms with van der Waals surface area (Å²) >= 11 is 5.56. The van der Waals surface area contributed by atoms with Crippen LogP contribution in [0.5, 0.6) is 0 Å². The van der Waals surface area contributed by atoms with E-state index in [0.29, 0.717) is 0 Å². The molecule has 0 aliphatic heterocycles. The molecular weight excluding hydrogens is 186 g/mol. The van der Waals surface area contributed by atoms with Gasteiger partial charge in [0.15, 0.2) is 0 Å². The van der Waals surface area contributed by atoms with Crippen LogP contribution < -0.4 is 0 Å². The summed E-state index contributed by atoms with van der Waals surface area (Å²) in [6.45, 7) is 0. The van der Waals surface area contributed by atoms with Gasteiger partial charge in [-0.2, -0.15) is 0 Å². The van der Waals surface area contributed by atoms with Crippen molar-refractivity contribution in [1.82, 2.24) is 15.0 Å². The quantitative estimate of drug-likeness (QED) is 0.649. The predicted molar refractivity (Wildman–Crippen MR) is 50.3 cm³/mol. The highest BCUT2D eigenvalue weighted by molar-refractivity contribution is 6.28. The third-order valence-corrected chi connectivity index (χ3v) is 1.83. The largest absolute Gasteiger partial charge is 0.265 e. The molecule has 64 valence electrons. The molecule has 2 heterocycles. The van der Waals surface area contributed by atoms with Crippen molar-refractivity contribution in [1.29, 1.82) is 0 Å². The zero-order valence-corrected chi connectivity index (χ0v) is 7.44. The summed E-state index contributed by atoms with van der Waals surface area (Å²) in [5.74, 6) is 0. The molecule has 0 fully saturated rings. The molecule has 2 aromatic rings. The Kier molecular flexibility index (Phi) is 2.19. The minimum absolute atomic E-state index is 0.262. The van der Waals surface area contributed by atoms with E-state index in [0.717, 1.165) is 11.1 Å². The van der Waals surface area contributed by atoms with Crippen molar-refractivity contribution in [2.45, 2.75) is 0 Å². The summed E-state index contributed by atoms with van der Waals surface area (Å²) < 4.78 is 0. The van der Waals surface area contributed by atoms with Crippen molar-refractivity contribution >= 4 is 11.6 Å². The van der Waals surface area contributed by atoms with Gasteiger partial charge in [-0.05, 0) is 29.3 Å². The maximum atomic E-state index is 5.56. The Morgan fingerprint density at radius 2 is 1.54 bits per heavy atom. The molecule has 3 nitrogen and oxygen atoms in total. The lowest BCUT2D eigenvalue weighted by atomic mass is 10.1. The summed E-state index contributed by atoms with van der Waals surface area (Å²) in [5.41, 5.74) is 1.97. The lowest BCUT2D eigenvalue weighted by molar-refractivity contribution is 1.17. The van der Waals surface area contributed by atoms with Crippen LogP contribution in [0.1, 0.15) is 0 Å². The van der Waals surface area contributed by atoms with Gasteiger partial charge >= 0.3 is 0 Å². The average Bonchev–Trinajstić information content (AvgIpc) is 2.20. The Labute approximate surface area is 80.5 Å². The fourth-order valence-corrected chi connectivity index (χ4v) is 1.10. The zero-order chi connectivity index (χ0) is 9.10. The van der Waals surface area contributed by atoms with Gasteiger partial charge in [0.2, 0.25) is 5.28 Å². The summed E-state index contributed by atoms with van der Waals surface area (Å²) in [7, 11) is 0. The predicted octanol–water partition coefficient (Wildman–Crippen LogP) is 2.19. The summed E-state index contributed by atoms with van der Waals surface area (Å²) in [4.78, 5) is 11.7. The van der Waals surface area contributed by atoms with Crippen molar-refractivity contribution < 1.29 is 0 Å². The molecule has 0 aliphatic rings. The van der Waals surface area contributed by atoms with Crippen LogP contribution in [0.3, 0.4) is 0 Å². The molecular formula is C9H6ClN3. The van der Waals surface area contributed by atoms with Gasteiger partial charge in [-0.1, -0.05) is 0 Å². The maximum absolute atomic E-state index is 5.56. The molecule has 0 N–H and O–H groups in total. The lowest BCUT2D eigenvalue weighted by Gasteiger charge is -1.98. The van der Waals surface area contributed by atoms with Gasteiger partial charge in [-0.3, -0.25) is 4.98 Å². The van der Waals surface area contributed by atoms with Crippen molar-refractivity contribution in [2.75, 3.05) is 0 Å². The third-order valence-electron chi connectivity index (χ3n) is 1.63. The van der Waals surface area contributed by atoms with Crippen LogP contribution in [0.15, 0.2) is 36.9 Å². The molecule has 13 heavy (non-hydrogen) atoms. The van der Waals surface area contributed by atoms with Crippen LogP contribution in [0.25, 0.3) is 11.1 Å². The molecule has 0 aromatic carbocycles. The molecule has 0 unspecified atom stereocenters. The Hall–Kier alpha value is -1.48. The topological polar surface area (TPSA) is 38.7 Å². The van der Waals surface area contributed by atoms with E-state index in [9.17, 15) is 0 Å². The molecule has 0 atom stereocenters. The van der Waals surface area contributed by atoms with Gasteiger partial charge in [-0.25, -0.2) is 9.97 Å². The third kappa shape index (κ3) is 1.81. The van der Waals surface area contributed by atoms with E-state index >= 15 is 0 Å². The number of rotatable bonds is 1. The number of aromatic nitrogens is 3. The molecule has 2 rings (SSSR count). The van der Waals surface area contributed by atoms with Gasteiger partial charge in [0.1, 0.15) is 0 Å². The van der Waals surface area contributed by atoms with Gasteiger partial charge in [-0.15, -0.1) is 0 Å². The van der Waals surface area contributed by atoms with Gasteiger partial charge < -0.3 is 0 Å². The summed E-state index contributed by atoms with van der Waals surface area (Å²) in [6, 6.07) is 3.79. The number of nitrogens with zero attached hydrogens (tertiary/aromatic N) is 3. The Bertz CT molecular complexity index is 385. The highest BCUT2D eigenvalue weighted by Gasteiger charge is 1.97. The number of hydrogen-bond acceptors (Lipinski definition) is 3. The van der Waals surface area contributed by atoms with Crippen LogP contribution in [0.4, 0.5) is 0 Å². The molecule has 0 radical (unpaired) electrons. The SMILES string of the molecule is Clc1ncc(-c2ccncc2)cn1. The fraction of sp³-hybridized carbons (Fsp3) is 0. The summed E-state index contributed by atoms with van der Waals surface area (Å²) in [5, 5.41) is 0.262. The molecule has 0 bridgehead atoms. The number of hydrogen-bond donors (Lipinski definition) is 0. The second-order valence-corrected chi connectivity index (χ2v) is 2.81. The first kappa shape index (κ1) is 8.13.